The first-order chi connectivity index (χ1) is 12.7. The lowest BCUT2D eigenvalue weighted by Gasteiger charge is -2.29. The van der Waals surface area contributed by atoms with Crippen molar-refractivity contribution in [2.45, 2.75) is 26.1 Å². The van der Waals surface area contributed by atoms with Gasteiger partial charge in [-0.25, -0.2) is 4.39 Å². The molecule has 0 radical (unpaired) electrons. The van der Waals surface area contributed by atoms with Gasteiger partial charge in [-0.3, -0.25) is 4.79 Å². The minimum Gasteiger partial charge on any atom is -0.457 e. The van der Waals surface area contributed by atoms with E-state index in [0.29, 0.717) is 31.3 Å². The number of amides is 1. The van der Waals surface area contributed by atoms with Crippen molar-refractivity contribution < 1.29 is 27.1 Å². The Morgan fingerprint density at radius 3 is 2.59 bits per heavy atom. The number of hydrogen-bond acceptors (Lipinski definition) is 2. The number of fused-ring (bicyclic) bond motifs is 1. The lowest BCUT2D eigenvalue weighted by atomic mass is 9.97. The second-order valence-corrected chi connectivity index (χ2v) is 6.34. The van der Waals surface area contributed by atoms with Gasteiger partial charge in [0.05, 0.1) is 5.56 Å². The third kappa shape index (κ3) is 3.97. The Hall–Kier alpha value is -2.83. The van der Waals surface area contributed by atoms with E-state index >= 15 is 0 Å². The Labute approximate surface area is 153 Å². The summed E-state index contributed by atoms with van der Waals surface area (Å²) in [5.41, 5.74) is 1.39. The van der Waals surface area contributed by atoms with Gasteiger partial charge in [0.25, 0.3) is 0 Å². The molecule has 0 bridgehead atoms. The Balaban J connectivity index is 1.87. The minimum atomic E-state index is -4.76. The van der Waals surface area contributed by atoms with Crippen LogP contribution in [-0.2, 0) is 23.9 Å². The summed E-state index contributed by atoms with van der Waals surface area (Å²) in [5, 5.41) is 0. The van der Waals surface area contributed by atoms with Crippen LogP contribution < -0.4 is 4.74 Å². The van der Waals surface area contributed by atoms with Crippen LogP contribution in [0.2, 0.25) is 0 Å². The van der Waals surface area contributed by atoms with E-state index in [0.717, 1.165) is 28.8 Å². The fraction of sp³-hybridized carbons (Fsp3) is 0.250. The molecule has 0 aliphatic carbocycles. The van der Waals surface area contributed by atoms with Crippen molar-refractivity contribution >= 4 is 5.91 Å². The highest BCUT2D eigenvalue weighted by atomic mass is 19.4. The van der Waals surface area contributed by atoms with Gasteiger partial charge in [-0.2, -0.15) is 13.2 Å². The van der Waals surface area contributed by atoms with Gasteiger partial charge in [-0.15, -0.1) is 0 Å². The molecule has 2 aromatic carbocycles. The molecule has 0 N–H and O–H groups in total. The lowest BCUT2D eigenvalue weighted by molar-refractivity contribution is -0.140. The molecule has 0 atom stereocenters. The third-order valence-corrected chi connectivity index (χ3v) is 4.47. The molecule has 1 aliphatic rings. The molecule has 0 saturated carbocycles. The van der Waals surface area contributed by atoms with E-state index in [-0.39, 0.29) is 11.7 Å². The average Bonchev–Trinajstić information content (AvgIpc) is 2.60. The van der Waals surface area contributed by atoms with Crippen molar-refractivity contribution in [3.05, 3.63) is 71.1 Å². The van der Waals surface area contributed by atoms with Crippen LogP contribution in [0.1, 0.15) is 22.3 Å². The summed E-state index contributed by atoms with van der Waals surface area (Å²) in [6.45, 7) is 6.26. The molecule has 3 rings (SSSR count). The maximum atomic E-state index is 13.7. The maximum absolute atomic E-state index is 13.7. The number of alkyl halides is 3. The van der Waals surface area contributed by atoms with Gasteiger partial charge in [0, 0.05) is 19.2 Å². The van der Waals surface area contributed by atoms with Crippen LogP contribution in [0.3, 0.4) is 0 Å². The number of hydrogen-bond donors (Lipinski definition) is 0. The van der Waals surface area contributed by atoms with Crippen molar-refractivity contribution in [1.29, 1.82) is 0 Å². The van der Waals surface area contributed by atoms with Crippen LogP contribution in [0.4, 0.5) is 17.6 Å². The predicted octanol–water partition coefficient (Wildman–Crippen LogP) is 5.02. The van der Waals surface area contributed by atoms with Crippen molar-refractivity contribution in [3.63, 3.8) is 0 Å². The Morgan fingerprint density at radius 1 is 1.22 bits per heavy atom. The van der Waals surface area contributed by atoms with Gasteiger partial charge >= 0.3 is 6.18 Å². The average molecular weight is 379 g/mol. The molecule has 7 heteroatoms. The first kappa shape index (κ1) is 18.9. The fourth-order valence-electron chi connectivity index (χ4n) is 3.05. The zero-order chi connectivity index (χ0) is 19.8. The number of ether oxygens (including phenoxy) is 1. The summed E-state index contributed by atoms with van der Waals surface area (Å²) in [6.07, 6.45) is -2.82. The van der Waals surface area contributed by atoms with E-state index in [4.69, 9.17) is 4.74 Å². The summed E-state index contributed by atoms with van der Waals surface area (Å²) < 4.78 is 57.4. The highest BCUT2D eigenvalue weighted by molar-refractivity contribution is 5.87. The molecule has 1 aliphatic heterocycles. The Bertz CT molecular complexity index is 906. The highest BCUT2D eigenvalue weighted by Crippen LogP contribution is 2.35. The SMILES string of the molecule is C=CC(=O)N1CCc2cc(C)c(Oc3ccc(C(F)(F)F)c(F)c3)cc2C1. The standard InChI is InChI=1S/C20H17F4NO2/c1-3-19(26)25-7-6-13-8-12(2)18(9-14(13)11-25)27-15-4-5-16(17(21)10-15)20(22,23)24/h3-5,8-10H,1,6-7,11H2,2H3. The normalized spacial score (nSPS) is 13.9. The van der Waals surface area contributed by atoms with Crippen molar-refractivity contribution in [3.8, 4) is 11.5 Å². The molecule has 0 aromatic heterocycles. The molecule has 0 fully saturated rings. The fourth-order valence-corrected chi connectivity index (χ4v) is 3.05. The van der Waals surface area contributed by atoms with E-state index in [1.807, 2.05) is 6.07 Å². The quantitative estimate of drug-likeness (QED) is 0.554. The highest BCUT2D eigenvalue weighted by Gasteiger charge is 2.34. The molecule has 0 spiro atoms. The van der Waals surface area contributed by atoms with Crippen LogP contribution in [0.15, 0.2) is 43.0 Å². The topological polar surface area (TPSA) is 29.5 Å². The summed E-state index contributed by atoms with van der Waals surface area (Å²) in [7, 11) is 0. The maximum Gasteiger partial charge on any atom is 0.419 e. The molecule has 27 heavy (non-hydrogen) atoms. The summed E-state index contributed by atoms with van der Waals surface area (Å²) in [6, 6.07) is 6.11. The van der Waals surface area contributed by atoms with Crippen LogP contribution in [0, 0.1) is 12.7 Å². The second kappa shape index (κ2) is 7.06. The molecular weight excluding hydrogens is 362 g/mol. The third-order valence-electron chi connectivity index (χ3n) is 4.47. The van der Waals surface area contributed by atoms with Gasteiger partial charge in [-0.1, -0.05) is 12.6 Å². The molecule has 2 aromatic rings. The number of carbonyl (C=O) groups excluding carboxylic acids is 1. The summed E-state index contributed by atoms with van der Waals surface area (Å²) in [4.78, 5) is 13.5. The monoisotopic (exact) mass is 379 g/mol. The number of benzene rings is 2. The van der Waals surface area contributed by atoms with Crippen molar-refractivity contribution in [2.24, 2.45) is 0 Å². The van der Waals surface area contributed by atoms with Crippen molar-refractivity contribution in [1.82, 2.24) is 4.90 Å². The van der Waals surface area contributed by atoms with Gasteiger partial charge in [0.15, 0.2) is 0 Å². The van der Waals surface area contributed by atoms with Gasteiger partial charge in [-0.05, 0) is 54.3 Å². The van der Waals surface area contributed by atoms with E-state index in [9.17, 15) is 22.4 Å². The van der Waals surface area contributed by atoms with Gasteiger partial charge in [0.1, 0.15) is 17.3 Å². The molecule has 1 heterocycles. The molecule has 0 saturated heterocycles. The minimum absolute atomic E-state index is 0.0293. The zero-order valence-corrected chi connectivity index (χ0v) is 14.6. The zero-order valence-electron chi connectivity index (χ0n) is 14.6. The van der Waals surface area contributed by atoms with E-state index in [1.54, 1.807) is 17.9 Å². The van der Waals surface area contributed by atoms with E-state index in [2.05, 4.69) is 6.58 Å². The first-order valence-electron chi connectivity index (χ1n) is 8.27. The Morgan fingerprint density at radius 2 is 1.96 bits per heavy atom. The van der Waals surface area contributed by atoms with Crippen LogP contribution >= 0.6 is 0 Å². The van der Waals surface area contributed by atoms with E-state index < -0.39 is 17.6 Å². The number of rotatable bonds is 3. The van der Waals surface area contributed by atoms with Gasteiger partial charge < -0.3 is 9.64 Å². The number of halogens is 4. The Kier molecular flexibility index (Phi) is 4.95. The van der Waals surface area contributed by atoms with Crippen molar-refractivity contribution in [2.75, 3.05) is 6.54 Å². The largest absolute Gasteiger partial charge is 0.457 e. The lowest BCUT2D eigenvalue weighted by Crippen LogP contribution is -2.34. The predicted molar refractivity (Wildman–Crippen MR) is 92.0 cm³/mol. The molecule has 0 unspecified atom stereocenters. The number of nitrogens with zero attached hydrogens (tertiary/aromatic N) is 1. The molecule has 142 valence electrons. The smallest absolute Gasteiger partial charge is 0.419 e. The first-order valence-corrected chi connectivity index (χ1v) is 8.27. The molecular formula is C20H17F4NO2. The number of carbonyl (C=O) groups is 1. The van der Waals surface area contributed by atoms with E-state index in [1.165, 1.54) is 6.08 Å². The number of aryl methyl sites for hydroxylation is 1. The van der Waals surface area contributed by atoms with Crippen LogP contribution in [-0.4, -0.2) is 17.4 Å². The molecule has 3 nitrogen and oxygen atoms in total. The second-order valence-electron chi connectivity index (χ2n) is 6.34. The summed E-state index contributed by atoms with van der Waals surface area (Å²) >= 11 is 0. The van der Waals surface area contributed by atoms with Gasteiger partial charge in [0.2, 0.25) is 5.91 Å². The van der Waals surface area contributed by atoms with Crippen LogP contribution in [0.5, 0.6) is 11.5 Å². The van der Waals surface area contributed by atoms with Crippen LogP contribution in [0.25, 0.3) is 0 Å². The summed E-state index contributed by atoms with van der Waals surface area (Å²) in [5.74, 6) is -1.19. The molecule has 1 amide bonds.